The Hall–Kier alpha value is -1.89. The summed E-state index contributed by atoms with van der Waals surface area (Å²) in [5.41, 5.74) is 0.834. The standard InChI is InChI=1S/C14H12FIN6O2S.C2H6/c15-24-14(23)10-6-21-3-1-8(5-11(21)20-10)19-12-9-2-4-22(25-16)13(9)18-7-17-12;1-2/h2,4,6-8H,1,3,5H2,(H,17,18,19);1-2H3. The first-order chi connectivity index (χ1) is 13.2. The highest BCUT2D eigenvalue weighted by atomic mass is 127. The van der Waals surface area contributed by atoms with Crippen LogP contribution < -0.4 is 5.32 Å². The molecule has 3 aromatic heterocycles. The first kappa shape index (κ1) is 19.9. The van der Waals surface area contributed by atoms with E-state index in [2.05, 4.69) is 46.4 Å². The molecule has 0 spiro atoms. The molecule has 144 valence electrons. The van der Waals surface area contributed by atoms with E-state index in [1.165, 1.54) is 21.6 Å². The fourth-order valence-corrected chi connectivity index (χ4v) is 4.25. The molecule has 0 fully saturated rings. The lowest BCUT2D eigenvalue weighted by Gasteiger charge is -2.24. The molecule has 11 heteroatoms. The quantitative estimate of drug-likeness (QED) is 0.539. The summed E-state index contributed by atoms with van der Waals surface area (Å²) in [6, 6.07) is 2.08. The topological polar surface area (TPSA) is 86.9 Å². The number of imidazole rings is 1. The maximum Gasteiger partial charge on any atom is 0.399 e. The number of rotatable bonds is 4. The second-order valence-corrected chi connectivity index (χ2v) is 7.32. The summed E-state index contributed by atoms with van der Waals surface area (Å²) in [5.74, 6) is 0.416. The minimum absolute atomic E-state index is 0.0151. The van der Waals surface area contributed by atoms with Crippen molar-refractivity contribution in [1.82, 2.24) is 23.5 Å². The predicted octanol–water partition coefficient (Wildman–Crippen LogP) is 3.97. The van der Waals surface area contributed by atoms with E-state index in [1.807, 2.05) is 34.7 Å². The molecule has 1 N–H and O–H groups in total. The van der Waals surface area contributed by atoms with Crippen molar-refractivity contribution in [2.24, 2.45) is 0 Å². The fourth-order valence-electron chi connectivity index (χ4n) is 2.98. The largest absolute Gasteiger partial charge is 0.399 e. The third-order valence-electron chi connectivity index (χ3n) is 4.15. The molecular weight excluding hydrogens is 486 g/mol. The molecule has 0 amide bonds. The highest BCUT2D eigenvalue weighted by molar-refractivity contribution is 14.2. The van der Waals surface area contributed by atoms with E-state index in [4.69, 9.17) is 0 Å². The van der Waals surface area contributed by atoms with Crippen LogP contribution in [-0.4, -0.2) is 35.5 Å². The molecule has 0 aromatic carbocycles. The van der Waals surface area contributed by atoms with Gasteiger partial charge in [-0.25, -0.2) is 24.7 Å². The summed E-state index contributed by atoms with van der Waals surface area (Å²) >= 11 is 2.20. The maximum absolute atomic E-state index is 12.1. The van der Waals surface area contributed by atoms with Crippen LogP contribution in [0.1, 0.15) is 36.6 Å². The smallest absolute Gasteiger partial charge is 0.366 e. The summed E-state index contributed by atoms with van der Waals surface area (Å²) in [6.07, 6.45) is 6.44. The molecule has 8 nitrogen and oxygen atoms in total. The zero-order valence-corrected chi connectivity index (χ0v) is 17.7. The number of halogens is 2. The van der Waals surface area contributed by atoms with Gasteiger partial charge in [0.25, 0.3) is 0 Å². The van der Waals surface area contributed by atoms with Crippen molar-refractivity contribution in [3.63, 3.8) is 0 Å². The third-order valence-corrected chi connectivity index (χ3v) is 5.87. The minimum Gasteiger partial charge on any atom is -0.366 e. The molecule has 1 unspecified atom stereocenters. The van der Waals surface area contributed by atoms with Crippen LogP contribution in [0.15, 0.2) is 24.8 Å². The van der Waals surface area contributed by atoms with Crippen LogP contribution >= 0.6 is 30.3 Å². The Labute approximate surface area is 171 Å². The summed E-state index contributed by atoms with van der Waals surface area (Å²) in [5, 5.41) is 4.38. The Morgan fingerprint density at radius 2 is 2.26 bits per heavy atom. The van der Waals surface area contributed by atoms with Crippen LogP contribution in [0.5, 0.6) is 0 Å². The lowest BCUT2D eigenvalue weighted by molar-refractivity contribution is -0.0792. The van der Waals surface area contributed by atoms with Crippen molar-refractivity contribution in [3.05, 3.63) is 36.3 Å². The van der Waals surface area contributed by atoms with Gasteiger partial charge in [-0.2, -0.15) is 0 Å². The van der Waals surface area contributed by atoms with Gasteiger partial charge in [0, 0.05) is 66.3 Å². The molecule has 27 heavy (non-hydrogen) atoms. The summed E-state index contributed by atoms with van der Waals surface area (Å²) in [6.45, 7) is 4.68. The number of aryl methyl sites for hydroxylation is 1. The molecule has 0 saturated carbocycles. The number of aromatic nitrogens is 5. The average Bonchev–Trinajstić information content (AvgIpc) is 3.33. The van der Waals surface area contributed by atoms with Gasteiger partial charge >= 0.3 is 5.97 Å². The molecule has 4 heterocycles. The zero-order chi connectivity index (χ0) is 19.4. The first-order valence-electron chi connectivity index (χ1n) is 8.46. The molecule has 1 atom stereocenters. The van der Waals surface area contributed by atoms with Gasteiger partial charge < -0.3 is 9.88 Å². The van der Waals surface area contributed by atoms with Gasteiger partial charge in [-0.1, -0.05) is 13.8 Å². The number of carbonyl (C=O) groups excluding carboxylic acids is 1. The van der Waals surface area contributed by atoms with Crippen LogP contribution in [0.2, 0.25) is 0 Å². The molecule has 0 bridgehead atoms. The molecule has 1 aliphatic rings. The first-order valence-corrected chi connectivity index (χ1v) is 11.8. The maximum atomic E-state index is 12.1. The molecule has 1 aliphatic heterocycles. The van der Waals surface area contributed by atoms with Gasteiger partial charge in [-0.3, -0.25) is 3.97 Å². The summed E-state index contributed by atoms with van der Waals surface area (Å²) < 4.78 is 15.9. The highest BCUT2D eigenvalue weighted by Crippen LogP contribution is 2.28. The van der Waals surface area contributed by atoms with Gasteiger partial charge in [0.15, 0.2) is 11.3 Å². The van der Waals surface area contributed by atoms with Crippen LogP contribution in [0.4, 0.5) is 10.3 Å². The van der Waals surface area contributed by atoms with Crippen LogP contribution in [-0.2, 0) is 17.9 Å². The number of carbonyl (C=O) groups is 1. The Bertz CT molecular complexity index is 946. The van der Waals surface area contributed by atoms with Crippen LogP contribution in [0.3, 0.4) is 0 Å². The van der Waals surface area contributed by atoms with Crippen molar-refractivity contribution >= 4 is 53.1 Å². The van der Waals surface area contributed by atoms with Crippen molar-refractivity contribution < 1.29 is 14.3 Å². The Morgan fingerprint density at radius 1 is 1.44 bits per heavy atom. The summed E-state index contributed by atoms with van der Waals surface area (Å²) in [4.78, 5) is 27.3. The number of nitrogens with zero attached hydrogens (tertiary/aromatic N) is 5. The second-order valence-electron chi connectivity index (χ2n) is 5.60. The number of anilines is 1. The number of hydrogen-bond donors (Lipinski definition) is 1. The fraction of sp³-hybridized carbons (Fsp3) is 0.375. The molecule has 0 saturated heterocycles. The van der Waals surface area contributed by atoms with E-state index < -0.39 is 5.97 Å². The molecular formula is C16H18FIN6O2S. The van der Waals surface area contributed by atoms with Gasteiger partial charge in [0.1, 0.15) is 18.0 Å². The predicted molar refractivity (Wildman–Crippen MR) is 110 cm³/mol. The van der Waals surface area contributed by atoms with Crippen molar-refractivity contribution in [2.75, 3.05) is 5.32 Å². The highest BCUT2D eigenvalue weighted by Gasteiger charge is 2.24. The van der Waals surface area contributed by atoms with Crippen molar-refractivity contribution in [1.29, 1.82) is 0 Å². The van der Waals surface area contributed by atoms with E-state index in [-0.39, 0.29) is 11.7 Å². The van der Waals surface area contributed by atoms with Gasteiger partial charge in [0.05, 0.1) is 5.39 Å². The lowest BCUT2D eigenvalue weighted by Crippen LogP contribution is -2.30. The monoisotopic (exact) mass is 504 g/mol. The van der Waals surface area contributed by atoms with Crippen molar-refractivity contribution in [2.45, 2.75) is 39.3 Å². The van der Waals surface area contributed by atoms with Gasteiger partial charge in [0.2, 0.25) is 0 Å². The van der Waals surface area contributed by atoms with E-state index in [1.54, 1.807) is 0 Å². The Balaban J connectivity index is 0.00000102. The zero-order valence-electron chi connectivity index (χ0n) is 14.7. The molecule has 0 radical (unpaired) electrons. The number of hydrogen-bond acceptors (Lipinski definition) is 7. The average molecular weight is 504 g/mol. The van der Waals surface area contributed by atoms with E-state index in [9.17, 15) is 9.32 Å². The van der Waals surface area contributed by atoms with E-state index in [0.717, 1.165) is 29.1 Å². The summed E-state index contributed by atoms with van der Waals surface area (Å²) in [7, 11) is 1.54. The number of fused-ring (bicyclic) bond motifs is 2. The second kappa shape index (κ2) is 8.87. The normalized spacial score (nSPS) is 15.6. The van der Waals surface area contributed by atoms with Gasteiger partial charge in [-0.05, 0) is 12.5 Å². The number of nitrogens with one attached hydrogen (secondary N) is 1. The lowest BCUT2D eigenvalue weighted by atomic mass is 10.1. The molecule has 3 aromatic rings. The van der Waals surface area contributed by atoms with Gasteiger partial charge in [-0.15, -0.1) is 0 Å². The van der Waals surface area contributed by atoms with E-state index in [0.29, 0.717) is 13.0 Å². The van der Waals surface area contributed by atoms with Crippen LogP contribution in [0.25, 0.3) is 11.0 Å². The van der Waals surface area contributed by atoms with E-state index >= 15 is 0 Å². The molecule has 0 aliphatic carbocycles. The minimum atomic E-state index is -1.07. The Morgan fingerprint density at radius 3 is 3.00 bits per heavy atom. The van der Waals surface area contributed by atoms with Crippen LogP contribution in [0, 0.1) is 0 Å². The Kier molecular flexibility index (Phi) is 6.52. The third kappa shape index (κ3) is 4.03. The van der Waals surface area contributed by atoms with Crippen molar-refractivity contribution in [3.8, 4) is 0 Å². The molecule has 4 rings (SSSR count). The SMILES string of the molecule is CC.O=C(OF)c1cn2c(n1)CC(Nc1ncnc3c1ccn3SI)CC2.